The molecule has 102 valence electrons. The zero-order valence-electron chi connectivity index (χ0n) is 11.2. The molecule has 0 aliphatic heterocycles. The average molecular weight is 260 g/mol. The Morgan fingerprint density at radius 1 is 1.53 bits per heavy atom. The van der Waals surface area contributed by atoms with Crippen LogP contribution in [-0.4, -0.2) is 27.9 Å². The van der Waals surface area contributed by atoms with Gasteiger partial charge in [-0.3, -0.25) is 4.79 Å². The van der Waals surface area contributed by atoms with Gasteiger partial charge >= 0.3 is 0 Å². The molecule has 2 aromatic rings. The third kappa shape index (κ3) is 3.32. The van der Waals surface area contributed by atoms with Gasteiger partial charge in [0.2, 0.25) is 0 Å². The number of carbonyl (C=O) groups is 1. The first-order valence-electron chi connectivity index (χ1n) is 6.68. The minimum absolute atomic E-state index is 0.0472. The summed E-state index contributed by atoms with van der Waals surface area (Å²) in [5.74, 6) is -0.0813. The maximum absolute atomic E-state index is 12.1. The van der Waals surface area contributed by atoms with Gasteiger partial charge in [0.25, 0.3) is 5.91 Å². The number of nitrogens with one attached hydrogen (secondary N) is 1. The number of pyridine rings is 1. The Bertz CT molecular complexity index is 549. The Morgan fingerprint density at radius 3 is 3.11 bits per heavy atom. The van der Waals surface area contributed by atoms with Crippen molar-refractivity contribution in [2.24, 2.45) is 5.73 Å². The van der Waals surface area contributed by atoms with Crippen molar-refractivity contribution >= 4 is 11.6 Å². The number of carbonyl (C=O) groups excluding carboxylic acids is 1. The molecule has 19 heavy (non-hydrogen) atoms. The van der Waals surface area contributed by atoms with E-state index in [0.717, 1.165) is 24.9 Å². The molecule has 0 aliphatic rings. The van der Waals surface area contributed by atoms with E-state index in [1.807, 2.05) is 16.7 Å². The van der Waals surface area contributed by atoms with E-state index in [1.54, 1.807) is 18.5 Å². The SMILES string of the molecule is CCCCC(CN)NC(=O)c1ccc2nccn2c1. The van der Waals surface area contributed by atoms with E-state index in [4.69, 9.17) is 5.73 Å². The molecule has 3 N–H and O–H groups in total. The summed E-state index contributed by atoms with van der Waals surface area (Å²) in [6, 6.07) is 3.66. The molecule has 0 saturated carbocycles. The predicted molar refractivity (Wildman–Crippen MR) is 75.0 cm³/mol. The molecule has 5 heteroatoms. The van der Waals surface area contributed by atoms with Gasteiger partial charge in [-0.1, -0.05) is 19.8 Å². The second-order valence-corrected chi connectivity index (χ2v) is 4.66. The van der Waals surface area contributed by atoms with E-state index in [-0.39, 0.29) is 11.9 Å². The summed E-state index contributed by atoms with van der Waals surface area (Å²) in [6.45, 7) is 2.60. The first-order chi connectivity index (χ1) is 9.24. The molecule has 2 rings (SSSR count). The summed E-state index contributed by atoms with van der Waals surface area (Å²) in [4.78, 5) is 16.3. The predicted octanol–water partition coefficient (Wildman–Crippen LogP) is 1.58. The minimum Gasteiger partial charge on any atom is -0.348 e. The topological polar surface area (TPSA) is 72.4 Å². The van der Waals surface area contributed by atoms with Crippen LogP contribution in [-0.2, 0) is 0 Å². The highest BCUT2D eigenvalue weighted by atomic mass is 16.1. The number of hydrogen-bond acceptors (Lipinski definition) is 3. The van der Waals surface area contributed by atoms with Gasteiger partial charge in [0.05, 0.1) is 5.56 Å². The lowest BCUT2D eigenvalue weighted by atomic mass is 10.1. The van der Waals surface area contributed by atoms with Crippen molar-refractivity contribution in [3.05, 3.63) is 36.3 Å². The molecule has 0 radical (unpaired) electrons. The van der Waals surface area contributed by atoms with Crippen LogP contribution >= 0.6 is 0 Å². The number of fused-ring (bicyclic) bond motifs is 1. The number of amides is 1. The summed E-state index contributed by atoms with van der Waals surface area (Å²) in [7, 11) is 0. The van der Waals surface area contributed by atoms with Crippen LogP contribution in [0.2, 0.25) is 0 Å². The number of imidazole rings is 1. The van der Waals surface area contributed by atoms with Gasteiger partial charge in [-0.15, -0.1) is 0 Å². The third-order valence-electron chi connectivity index (χ3n) is 3.18. The number of unbranched alkanes of at least 4 members (excludes halogenated alkanes) is 1. The second kappa shape index (κ2) is 6.33. The molecule has 5 nitrogen and oxygen atoms in total. The van der Waals surface area contributed by atoms with Crippen molar-refractivity contribution in [2.45, 2.75) is 32.2 Å². The highest BCUT2D eigenvalue weighted by molar-refractivity contribution is 5.94. The Hall–Kier alpha value is -1.88. The van der Waals surface area contributed by atoms with Crippen LogP contribution in [0.3, 0.4) is 0 Å². The maximum Gasteiger partial charge on any atom is 0.253 e. The van der Waals surface area contributed by atoms with Gasteiger partial charge in [0.1, 0.15) is 5.65 Å². The van der Waals surface area contributed by atoms with Crippen LogP contribution in [0.1, 0.15) is 36.5 Å². The van der Waals surface area contributed by atoms with E-state index < -0.39 is 0 Å². The van der Waals surface area contributed by atoms with Gasteiger partial charge in [-0.05, 0) is 18.6 Å². The van der Waals surface area contributed by atoms with Crippen molar-refractivity contribution in [3.63, 3.8) is 0 Å². The monoisotopic (exact) mass is 260 g/mol. The van der Waals surface area contributed by atoms with Crippen molar-refractivity contribution in [1.29, 1.82) is 0 Å². The molecule has 0 aromatic carbocycles. The Kier molecular flexibility index (Phi) is 4.52. The molecule has 1 atom stereocenters. The minimum atomic E-state index is -0.0813. The second-order valence-electron chi connectivity index (χ2n) is 4.66. The van der Waals surface area contributed by atoms with Crippen LogP contribution in [0.4, 0.5) is 0 Å². The standard InChI is InChI=1S/C14H20N4O/c1-2-3-4-12(9-15)17-14(19)11-5-6-13-16-7-8-18(13)10-11/h5-8,10,12H,2-4,9,15H2,1H3,(H,17,19). The Balaban J connectivity index is 2.05. The molecule has 1 amide bonds. The summed E-state index contributed by atoms with van der Waals surface area (Å²) < 4.78 is 1.83. The van der Waals surface area contributed by atoms with E-state index in [2.05, 4.69) is 17.2 Å². The number of nitrogens with two attached hydrogens (primary N) is 1. The lowest BCUT2D eigenvalue weighted by Crippen LogP contribution is -2.40. The first kappa shape index (κ1) is 13.5. The summed E-state index contributed by atoms with van der Waals surface area (Å²) >= 11 is 0. The fourth-order valence-corrected chi connectivity index (χ4v) is 2.02. The molecule has 0 fully saturated rings. The molecule has 2 heterocycles. The van der Waals surface area contributed by atoms with Crippen LogP contribution in [0.15, 0.2) is 30.7 Å². The third-order valence-corrected chi connectivity index (χ3v) is 3.18. The normalized spacial score (nSPS) is 12.5. The van der Waals surface area contributed by atoms with E-state index in [1.165, 1.54) is 0 Å². The fourth-order valence-electron chi connectivity index (χ4n) is 2.02. The highest BCUT2D eigenvalue weighted by Gasteiger charge is 2.12. The molecule has 0 saturated heterocycles. The smallest absolute Gasteiger partial charge is 0.253 e. The quantitative estimate of drug-likeness (QED) is 0.828. The van der Waals surface area contributed by atoms with E-state index >= 15 is 0 Å². The van der Waals surface area contributed by atoms with E-state index in [9.17, 15) is 4.79 Å². The van der Waals surface area contributed by atoms with Crippen molar-refractivity contribution < 1.29 is 4.79 Å². The van der Waals surface area contributed by atoms with Crippen LogP contribution in [0.25, 0.3) is 5.65 Å². The van der Waals surface area contributed by atoms with E-state index in [0.29, 0.717) is 12.1 Å². The molecular weight excluding hydrogens is 240 g/mol. The molecule has 1 unspecified atom stereocenters. The summed E-state index contributed by atoms with van der Waals surface area (Å²) in [5, 5.41) is 2.98. The molecular formula is C14H20N4O. The molecule has 0 bridgehead atoms. The number of nitrogens with zero attached hydrogens (tertiary/aromatic N) is 2. The van der Waals surface area contributed by atoms with Crippen molar-refractivity contribution in [3.8, 4) is 0 Å². The van der Waals surface area contributed by atoms with Crippen LogP contribution in [0, 0.1) is 0 Å². The van der Waals surface area contributed by atoms with Crippen LogP contribution in [0.5, 0.6) is 0 Å². The lowest BCUT2D eigenvalue weighted by Gasteiger charge is -2.16. The average Bonchev–Trinajstić information content (AvgIpc) is 2.90. The largest absolute Gasteiger partial charge is 0.348 e. The zero-order chi connectivity index (χ0) is 13.7. The maximum atomic E-state index is 12.1. The van der Waals surface area contributed by atoms with Crippen molar-refractivity contribution in [1.82, 2.24) is 14.7 Å². The van der Waals surface area contributed by atoms with Gasteiger partial charge in [-0.25, -0.2) is 4.98 Å². The van der Waals surface area contributed by atoms with Gasteiger partial charge in [0, 0.05) is 31.2 Å². The molecule has 0 spiro atoms. The van der Waals surface area contributed by atoms with Gasteiger partial charge in [0.15, 0.2) is 0 Å². The Labute approximate surface area is 112 Å². The molecule has 2 aromatic heterocycles. The van der Waals surface area contributed by atoms with Crippen molar-refractivity contribution in [2.75, 3.05) is 6.54 Å². The first-order valence-corrected chi connectivity index (χ1v) is 6.68. The summed E-state index contributed by atoms with van der Waals surface area (Å²) in [5.41, 5.74) is 7.14. The van der Waals surface area contributed by atoms with Gasteiger partial charge < -0.3 is 15.5 Å². The number of aromatic nitrogens is 2. The zero-order valence-corrected chi connectivity index (χ0v) is 11.2. The fraction of sp³-hybridized carbons (Fsp3) is 0.429. The Morgan fingerprint density at radius 2 is 2.37 bits per heavy atom. The number of rotatable bonds is 6. The lowest BCUT2D eigenvalue weighted by molar-refractivity contribution is 0.0935. The number of hydrogen-bond donors (Lipinski definition) is 2. The van der Waals surface area contributed by atoms with Crippen LogP contribution < -0.4 is 11.1 Å². The van der Waals surface area contributed by atoms with Gasteiger partial charge in [-0.2, -0.15) is 0 Å². The summed E-state index contributed by atoms with van der Waals surface area (Å²) in [6.07, 6.45) is 8.41. The molecule has 0 aliphatic carbocycles. The highest BCUT2D eigenvalue weighted by Crippen LogP contribution is 2.06.